The van der Waals surface area contributed by atoms with Crippen molar-refractivity contribution in [1.82, 2.24) is 0 Å². The molecule has 0 unspecified atom stereocenters. The molecule has 0 spiro atoms. The Balaban J connectivity index is 2.94. The molecule has 100 valence electrons. The molecule has 0 amide bonds. The number of hydrogen-bond donors (Lipinski definition) is 1. The van der Waals surface area contributed by atoms with Crippen LogP contribution in [0.5, 0.6) is 5.75 Å². The molecular weight excluding hydrogens is 248 g/mol. The third-order valence-corrected chi connectivity index (χ3v) is 2.26. The topological polar surface area (TPSA) is 72.8 Å². The molecular formula is C14H14O5. The van der Waals surface area contributed by atoms with Gasteiger partial charge in [0.1, 0.15) is 5.75 Å². The molecule has 1 N–H and O–H groups in total. The molecule has 0 bridgehead atoms. The van der Waals surface area contributed by atoms with Crippen molar-refractivity contribution in [2.45, 2.75) is 0 Å². The lowest BCUT2D eigenvalue weighted by atomic mass is 10.1. The van der Waals surface area contributed by atoms with Crippen molar-refractivity contribution in [2.24, 2.45) is 0 Å². The van der Waals surface area contributed by atoms with Gasteiger partial charge in [0, 0.05) is 17.7 Å². The van der Waals surface area contributed by atoms with E-state index in [0.717, 1.165) is 0 Å². The molecule has 0 aliphatic carbocycles. The Morgan fingerprint density at radius 3 is 2.21 bits per heavy atom. The smallest absolute Gasteiger partial charge is 0.330 e. The van der Waals surface area contributed by atoms with Crippen LogP contribution >= 0.6 is 0 Å². The quantitative estimate of drug-likeness (QED) is 0.661. The summed E-state index contributed by atoms with van der Waals surface area (Å²) in [6.07, 6.45) is 5.43. The summed E-state index contributed by atoms with van der Waals surface area (Å²) in [4.78, 5) is 21.9. The molecule has 0 fully saturated rings. The molecule has 5 nitrogen and oxygen atoms in total. The monoisotopic (exact) mass is 262 g/mol. The molecule has 0 radical (unpaired) electrons. The lowest BCUT2D eigenvalue weighted by Gasteiger charge is -2.01. The summed E-state index contributed by atoms with van der Waals surface area (Å²) < 4.78 is 8.92. The zero-order chi connectivity index (χ0) is 14.3. The Morgan fingerprint density at radius 1 is 1.05 bits per heavy atom. The highest BCUT2D eigenvalue weighted by atomic mass is 16.5. The Kier molecular flexibility index (Phi) is 5.35. The first kappa shape index (κ1) is 14.5. The zero-order valence-electron chi connectivity index (χ0n) is 10.6. The van der Waals surface area contributed by atoms with Crippen LogP contribution in [-0.4, -0.2) is 31.3 Å². The predicted octanol–water partition coefficient (Wildman–Crippen LogP) is 1.76. The van der Waals surface area contributed by atoms with E-state index in [1.165, 1.54) is 38.5 Å². The average molecular weight is 262 g/mol. The van der Waals surface area contributed by atoms with Gasteiger partial charge in [0.15, 0.2) is 0 Å². The highest BCUT2D eigenvalue weighted by molar-refractivity contribution is 5.88. The second-order valence-corrected chi connectivity index (χ2v) is 3.53. The number of esters is 2. The normalized spacial score (nSPS) is 10.8. The van der Waals surface area contributed by atoms with Crippen LogP contribution in [0.3, 0.4) is 0 Å². The maximum Gasteiger partial charge on any atom is 0.330 e. The van der Waals surface area contributed by atoms with E-state index in [4.69, 9.17) is 0 Å². The number of hydrogen-bond acceptors (Lipinski definition) is 5. The van der Waals surface area contributed by atoms with Gasteiger partial charge >= 0.3 is 11.9 Å². The molecule has 1 rings (SSSR count). The predicted molar refractivity (Wildman–Crippen MR) is 70.2 cm³/mol. The number of ether oxygens (including phenoxy) is 2. The minimum atomic E-state index is -0.519. The molecule has 19 heavy (non-hydrogen) atoms. The standard InChI is InChI=1S/C14H14O5/c1-18-13(16)7-4-10-3-6-12(15)11(9-10)5-8-14(17)19-2/h3-9,15H,1-2H3. The molecule has 5 heteroatoms. The number of rotatable bonds is 4. The Labute approximate surface area is 110 Å². The van der Waals surface area contributed by atoms with Crippen LogP contribution < -0.4 is 0 Å². The van der Waals surface area contributed by atoms with Crippen molar-refractivity contribution < 1.29 is 24.2 Å². The number of carbonyl (C=O) groups is 2. The van der Waals surface area contributed by atoms with Crippen LogP contribution in [-0.2, 0) is 19.1 Å². The lowest BCUT2D eigenvalue weighted by molar-refractivity contribution is -0.135. The highest BCUT2D eigenvalue weighted by Crippen LogP contribution is 2.20. The van der Waals surface area contributed by atoms with E-state index in [2.05, 4.69) is 9.47 Å². The van der Waals surface area contributed by atoms with Gasteiger partial charge in [-0.05, 0) is 29.8 Å². The summed E-state index contributed by atoms with van der Waals surface area (Å²) in [6, 6.07) is 4.71. The van der Waals surface area contributed by atoms with Crippen molar-refractivity contribution in [3.05, 3.63) is 41.5 Å². The molecule has 0 aliphatic rings. The fourth-order valence-corrected chi connectivity index (χ4v) is 1.27. The van der Waals surface area contributed by atoms with Crippen molar-refractivity contribution in [3.63, 3.8) is 0 Å². The summed E-state index contributed by atoms with van der Waals surface area (Å²) in [6.45, 7) is 0. The molecule has 1 aromatic rings. The van der Waals surface area contributed by atoms with Gasteiger partial charge < -0.3 is 14.6 Å². The zero-order valence-corrected chi connectivity index (χ0v) is 10.6. The summed E-state index contributed by atoms with van der Waals surface area (Å²) >= 11 is 0. The van der Waals surface area contributed by atoms with E-state index in [0.29, 0.717) is 11.1 Å². The first-order valence-electron chi connectivity index (χ1n) is 5.42. The SMILES string of the molecule is COC(=O)C=Cc1ccc(O)c(C=CC(=O)OC)c1. The van der Waals surface area contributed by atoms with Crippen LogP contribution in [0.15, 0.2) is 30.4 Å². The van der Waals surface area contributed by atoms with E-state index in [1.807, 2.05) is 0 Å². The van der Waals surface area contributed by atoms with Crippen LogP contribution in [0.4, 0.5) is 0 Å². The summed E-state index contributed by atoms with van der Waals surface area (Å²) in [7, 11) is 2.55. The maximum atomic E-state index is 11.0. The molecule has 0 aliphatic heterocycles. The number of phenolic OH excluding ortho intramolecular Hbond substituents is 1. The van der Waals surface area contributed by atoms with Gasteiger partial charge in [0.05, 0.1) is 14.2 Å². The van der Waals surface area contributed by atoms with Crippen LogP contribution in [0.1, 0.15) is 11.1 Å². The van der Waals surface area contributed by atoms with Crippen LogP contribution in [0.2, 0.25) is 0 Å². The van der Waals surface area contributed by atoms with Gasteiger partial charge in [-0.1, -0.05) is 6.07 Å². The van der Waals surface area contributed by atoms with Gasteiger partial charge in [-0.15, -0.1) is 0 Å². The summed E-state index contributed by atoms with van der Waals surface area (Å²) in [5.41, 5.74) is 1.13. The van der Waals surface area contributed by atoms with Crippen molar-refractivity contribution in [3.8, 4) is 5.75 Å². The van der Waals surface area contributed by atoms with Gasteiger partial charge in [-0.2, -0.15) is 0 Å². The third kappa shape index (κ3) is 4.67. The summed E-state index contributed by atoms with van der Waals surface area (Å²) in [5.74, 6) is -0.968. The molecule has 0 saturated carbocycles. The molecule has 1 aromatic carbocycles. The van der Waals surface area contributed by atoms with E-state index >= 15 is 0 Å². The van der Waals surface area contributed by atoms with Crippen LogP contribution in [0.25, 0.3) is 12.2 Å². The minimum Gasteiger partial charge on any atom is -0.507 e. The summed E-state index contributed by atoms with van der Waals surface area (Å²) in [5, 5.41) is 9.63. The minimum absolute atomic E-state index is 0.0235. The molecule has 0 heterocycles. The average Bonchev–Trinajstić information content (AvgIpc) is 2.44. The largest absolute Gasteiger partial charge is 0.507 e. The van der Waals surface area contributed by atoms with Crippen LogP contribution in [0, 0.1) is 0 Å². The number of benzene rings is 1. The fourth-order valence-electron chi connectivity index (χ4n) is 1.27. The molecule has 0 saturated heterocycles. The third-order valence-electron chi connectivity index (χ3n) is 2.26. The van der Waals surface area contributed by atoms with Gasteiger partial charge in [0.25, 0.3) is 0 Å². The number of carbonyl (C=O) groups excluding carboxylic acids is 2. The van der Waals surface area contributed by atoms with E-state index in [1.54, 1.807) is 18.2 Å². The van der Waals surface area contributed by atoms with Crippen molar-refractivity contribution >= 4 is 24.1 Å². The van der Waals surface area contributed by atoms with Gasteiger partial charge in [0.2, 0.25) is 0 Å². The number of methoxy groups -OCH3 is 2. The first-order chi connectivity index (χ1) is 9.06. The number of phenols is 1. The highest BCUT2D eigenvalue weighted by Gasteiger charge is 2.00. The first-order valence-corrected chi connectivity index (χ1v) is 5.42. The second-order valence-electron chi connectivity index (χ2n) is 3.53. The van der Waals surface area contributed by atoms with Gasteiger partial charge in [-0.25, -0.2) is 9.59 Å². The lowest BCUT2D eigenvalue weighted by Crippen LogP contribution is -1.94. The van der Waals surface area contributed by atoms with E-state index in [-0.39, 0.29) is 5.75 Å². The second kappa shape index (κ2) is 7.00. The van der Waals surface area contributed by atoms with Gasteiger partial charge in [-0.3, -0.25) is 0 Å². The fraction of sp³-hybridized carbons (Fsp3) is 0.143. The van der Waals surface area contributed by atoms with Crippen molar-refractivity contribution in [1.29, 1.82) is 0 Å². The van der Waals surface area contributed by atoms with Crippen molar-refractivity contribution in [2.75, 3.05) is 14.2 Å². The maximum absolute atomic E-state index is 11.0. The number of aromatic hydroxyl groups is 1. The Morgan fingerprint density at radius 2 is 1.63 bits per heavy atom. The van der Waals surface area contributed by atoms with E-state index in [9.17, 15) is 14.7 Å². The molecule has 0 aromatic heterocycles. The molecule has 0 atom stereocenters. The Bertz CT molecular complexity index is 529. The van der Waals surface area contributed by atoms with E-state index < -0.39 is 11.9 Å². The Hall–Kier alpha value is -2.56.